The van der Waals surface area contributed by atoms with Crippen molar-refractivity contribution in [1.82, 2.24) is 4.57 Å². The third-order valence-electron chi connectivity index (χ3n) is 4.94. The average molecular weight is 462 g/mol. The maximum absolute atomic E-state index is 11.8. The van der Waals surface area contributed by atoms with Crippen molar-refractivity contribution < 1.29 is 8.42 Å². The fourth-order valence-electron chi connectivity index (χ4n) is 3.32. The van der Waals surface area contributed by atoms with Crippen LogP contribution in [0.5, 0.6) is 0 Å². The Morgan fingerprint density at radius 3 is 2.13 bits per heavy atom. The highest BCUT2D eigenvalue weighted by Gasteiger charge is 2.19. The first-order valence-electron chi connectivity index (χ1n) is 9.15. The van der Waals surface area contributed by atoms with Crippen molar-refractivity contribution in [3.05, 3.63) is 104 Å². The van der Waals surface area contributed by atoms with Gasteiger partial charge in [0.05, 0.1) is 4.90 Å². The molecule has 0 radical (unpaired) electrons. The lowest BCUT2D eigenvalue weighted by molar-refractivity contribution is 0.602. The molecule has 1 heterocycles. The summed E-state index contributed by atoms with van der Waals surface area (Å²) in [4.78, 5) is 12.0. The lowest BCUT2D eigenvalue weighted by Crippen LogP contribution is -2.15. The predicted octanol–water partition coefficient (Wildman–Crippen LogP) is 5.33. The highest BCUT2D eigenvalue weighted by molar-refractivity contribution is 7.90. The maximum atomic E-state index is 11.8. The highest BCUT2D eigenvalue weighted by Crippen LogP contribution is 2.36. The van der Waals surface area contributed by atoms with Gasteiger partial charge in [-0.25, -0.2) is 8.42 Å². The summed E-state index contributed by atoms with van der Waals surface area (Å²) in [5.74, 6) is -0.153. The molecule has 0 saturated heterocycles. The van der Waals surface area contributed by atoms with Crippen LogP contribution in [-0.4, -0.2) is 19.2 Å². The molecule has 1 atom stereocenters. The molecule has 0 amide bonds. The van der Waals surface area contributed by atoms with Gasteiger partial charge in [-0.15, -0.1) is 0 Å². The van der Waals surface area contributed by atoms with Crippen LogP contribution in [0.3, 0.4) is 0 Å². The van der Waals surface area contributed by atoms with Crippen molar-refractivity contribution in [3.63, 3.8) is 0 Å². The van der Waals surface area contributed by atoms with E-state index in [0.29, 0.717) is 16.5 Å². The summed E-state index contributed by atoms with van der Waals surface area (Å²) >= 11 is 12.5. The van der Waals surface area contributed by atoms with Gasteiger partial charge in [-0.05, 0) is 65.1 Å². The molecule has 4 nitrogen and oxygen atoms in total. The minimum Gasteiger partial charge on any atom is -0.318 e. The highest BCUT2D eigenvalue weighted by atomic mass is 35.5. The SMILES string of the molecule is C=C(CC(c1ccc(S(C)(=O)=O)cc1)c1cc(Cl)cc(Cl)c1)c1ccc(=O)n(C)c1. The average Bonchev–Trinajstić information content (AvgIpc) is 2.66. The van der Waals surface area contributed by atoms with Crippen LogP contribution in [0.15, 0.2) is 77.1 Å². The van der Waals surface area contributed by atoms with E-state index in [4.69, 9.17) is 23.2 Å². The second-order valence-electron chi connectivity index (χ2n) is 7.27. The summed E-state index contributed by atoms with van der Waals surface area (Å²) in [6, 6.07) is 15.4. The molecular formula is C23H21Cl2NO3S. The van der Waals surface area contributed by atoms with E-state index < -0.39 is 9.84 Å². The summed E-state index contributed by atoms with van der Waals surface area (Å²) in [6.45, 7) is 4.21. The number of hydrogen-bond acceptors (Lipinski definition) is 3. The van der Waals surface area contributed by atoms with Gasteiger partial charge in [0.25, 0.3) is 0 Å². The van der Waals surface area contributed by atoms with E-state index in [9.17, 15) is 13.2 Å². The van der Waals surface area contributed by atoms with Crippen LogP contribution in [0.4, 0.5) is 0 Å². The first-order valence-corrected chi connectivity index (χ1v) is 11.8. The Bertz CT molecular complexity index is 1240. The maximum Gasteiger partial charge on any atom is 0.250 e. The molecule has 30 heavy (non-hydrogen) atoms. The number of allylic oxidation sites excluding steroid dienone is 1. The Kier molecular flexibility index (Phi) is 6.56. The number of benzene rings is 2. The molecule has 3 rings (SSSR count). The zero-order valence-corrected chi connectivity index (χ0v) is 18.9. The fraction of sp³-hybridized carbons (Fsp3) is 0.174. The van der Waals surface area contributed by atoms with Crippen molar-refractivity contribution in [1.29, 1.82) is 0 Å². The Morgan fingerprint density at radius 2 is 1.60 bits per heavy atom. The number of pyridine rings is 1. The van der Waals surface area contributed by atoms with Crippen LogP contribution in [0.25, 0.3) is 5.57 Å². The smallest absolute Gasteiger partial charge is 0.250 e. The van der Waals surface area contributed by atoms with Crippen LogP contribution >= 0.6 is 23.2 Å². The van der Waals surface area contributed by atoms with Gasteiger partial charge >= 0.3 is 0 Å². The minimum atomic E-state index is -3.29. The summed E-state index contributed by atoms with van der Waals surface area (Å²) in [6.07, 6.45) is 3.46. The zero-order chi connectivity index (χ0) is 22.1. The van der Waals surface area contributed by atoms with Crippen molar-refractivity contribution in [3.8, 4) is 0 Å². The monoisotopic (exact) mass is 461 g/mol. The van der Waals surface area contributed by atoms with Gasteiger partial charge in [0.1, 0.15) is 0 Å². The number of rotatable bonds is 6. The summed E-state index contributed by atoms with van der Waals surface area (Å²) in [5, 5.41) is 1.03. The zero-order valence-electron chi connectivity index (χ0n) is 16.6. The number of aromatic nitrogens is 1. The molecule has 0 spiro atoms. The predicted molar refractivity (Wildman–Crippen MR) is 123 cm³/mol. The lowest BCUT2D eigenvalue weighted by atomic mass is 9.85. The Morgan fingerprint density at radius 1 is 1.00 bits per heavy atom. The van der Waals surface area contributed by atoms with Crippen LogP contribution in [0, 0.1) is 0 Å². The van der Waals surface area contributed by atoms with Crippen molar-refractivity contribution in [2.45, 2.75) is 17.2 Å². The van der Waals surface area contributed by atoms with Crippen molar-refractivity contribution in [2.24, 2.45) is 7.05 Å². The molecule has 0 saturated carbocycles. The van der Waals surface area contributed by atoms with Crippen LogP contribution in [0.2, 0.25) is 10.0 Å². The molecule has 0 bridgehead atoms. The van der Waals surface area contributed by atoms with E-state index in [0.717, 1.165) is 22.3 Å². The van der Waals surface area contributed by atoms with Gasteiger partial charge < -0.3 is 4.57 Å². The number of aryl methyl sites for hydroxylation is 1. The van der Waals surface area contributed by atoms with Crippen LogP contribution < -0.4 is 5.56 Å². The molecule has 1 unspecified atom stereocenters. The van der Waals surface area contributed by atoms with Gasteiger partial charge in [-0.3, -0.25) is 4.79 Å². The molecule has 7 heteroatoms. The molecule has 1 aromatic heterocycles. The summed E-state index contributed by atoms with van der Waals surface area (Å²) < 4.78 is 25.1. The van der Waals surface area contributed by atoms with E-state index in [1.807, 2.05) is 12.1 Å². The third kappa shape index (κ3) is 5.22. The standard InChI is InChI=1S/C23H21Cl2NO3S/c1-15(17-6-9-23(27)26(2)14-17)10-22(18-11-19(24)13-20(25)12-18)16-4-7-21(8-5-16)30(3,28)29/h4-9,11-14,22H,1,10H2,2-3H3. The third-order valence-corrected chi connectivity index (χ3v) is 6.51. The topological polar surface area (TPSA) is 56.1 Å². The summed E-state index contributed by atoms with van der Waals surface area (Å²) in [7, 11) is -1.60. The van der Waals surface area contributed by atoms with E-state index in [-0.39, 0.29) is 16.4 Å². The Labute approximate surface area is 186 Å². The van der Waals surface area contributed by atoms with Crippen LogP contribution in [-0.2, 0) is 16.9 Å². The van der Waals surface area contributed by atoms with E-state index in [2.05, 4.69) is 6.58 Å². The summed E-state index contributed by atoms with van der Waals surface area (Å²) in [5.41, 5.74) is 3.39. The largest absolute Gasteiger partial charge is 0.318 e. The molecule has 0 aliphatic carbocycles. The Hall–Kier alpha value is -2.34. The second kappa shape index (κ2) is 8.80. The van der Waals surface area contributed by atoms with E-state index >= 15 is 0 Å². The molecule has 156 valence electrons. The van der Waals surface area contributed by atoms with Gasteiger partial charge in [0.15, 0.2) is 9.84 Å². The fourth-order valence-corrected chi connectivity index (χ4v) is 4.49. The van der Waals surface area contributed by atoms with Gasteiger partial charge in [-0.2, -0.15) is 0 Å². The number of sulfone groups is 1. The molecule has 0 N–H and O–H groups in total. The van der Waals surface area contributed by atoms with E-state index in [1.54, 1.807) is 49.6 Å². The molecule has 2 aromatic carbocycles. The normalized spacial score (nSPS) is 12.5. The number of halogens is 2. The number of nitrogens with zero attached hydrogens (tertiary/aromatic N) is 1. The number of hydrogen-bond donors (Lipinski definition) is 0. The van der Waals surface area contributed by atoms with E-state index in [1.165, 1.54) is 16.9 Å². The Balaban J connectivity index is 2.04. The molecule has 0 aliphatic rings. The first-order chi connectivity index (χ1) is 14.0. The van der Waals surface area contributed by atoms with Gasteiger partial charge in [-0.1, -0.05) is 41.9 Å². The molecule has 0 aliphatic heterocycles. The lowest BCUT2D eigenvalue weighted by Gasteiger charge is -2.21. The molecule has 3 aromatic rings. The van der Waals surface area contributed by atoms with Crippen molar-refractivity contribution in [2.75, 3.05) is 6.26 Å². The second-order valence-corrected chi connectivity index (χ2v) is 10.2. The van der Waals surface area contributed by atoms with Crippen molar-refractivity contribution >= 4 is 38.6 Å². The minimum absolute atomic E-state index is 0.0962. The van der Waals surface area contributed by atoms with Crippen LogP contribution in [0.1, 0.15) is 29.0 Å². The van der Waals surface area contributed by atoms with Gasteiger partial charge in [0.2, 0.25) is 5.56 Å². The molecule has 0 fully saturated rings. The first kappa shape index (κ1) is 22.3. The molecular weight excluding hydrogens is 441 g/mol. The quantitative estimate of drug-likeness (QED) is 0.498. The van der Waals surface area contributed by atoms with Gasteiger partial charge in [0, 0.05) is 41.5 Å².